The van der Waals surface area contributed by atoms with Crippen molar-refractivity contribution in [3.63, 3.8) is 0 Å². The summed E-state index contributed by atoms with van der Waals surface area (Å²) in [4.78, 5) is 0. The van der Waals surface area contributed by atoms with Gasteiger partial charge in [0.25, 0.3) is 0 Å². The Balaban J connectivity index is 2.42. The van der Waals surface area contributed by atoms with Gasteiger partial charge in [-0.05, 0) is 48.6 Å². The average molecular weight is 230 g/mol. The highest BCUT2D eigenvalue weighted by Crippen LogP contribution is 2.31. The largest absolute Gasteiger partial charge is 0.0693 e. The number of allylic oxidation sites excluding steroid dienone is 1. The molecule has 0 aliphatic heterocycles. The summed E-state index contributed by atoms with van der Waals surface area (Å²) in [6.07, 6.45) is 3.55. The Morgan fingerprint density at radius 1 is 1.12 bits per heavy atom. The Hall–Kier alpha value is -0.823. The molecule has 0 aromatic heterocycles. The van der Waals surface area contributed by atoms with E-state index in [1.807, 2.05) is 0 Å². The molecule has 1 heteroatoms. The monoisotopic (exact) mass is 230 g/mol. The van der Waals surface area contributed by atoms with Gasteiger partial charge < -0.3 is 0 Å². The molecule has 1 aromatic carbocycles. The number of hydrogen-bond acceptors (Lipinski definition) is 0. The van der Waals surface area contributed by atoms with Crippen LogP contribution < -0.4 is 0 Å². The number of fused-ring (bicyclic) bond motifs is 1. The first kappa shape index (κ1) is 11.7. The first-order valence-electron chi connectivity index (χ1n) is 6.15. The summed E-state index contributed by atoms with van der Waals surface area (Å²) in [6, 6.07) is 5.97. The Morgan fingerprint density at radius 2 is 1.81 bits per heavy atom. The van der Waals surface area contributed by atoms with Crippen molar-refractivity contribution in [2.45, 2.75) is 46.0 Å². The van der Waals surface area contributed by atoms with Crippen LogP contribution >= 0.6 is 0 Å². The maximum absolute atomic E-state index is 2.45. The quantitative estimate of drug-likeness (QED) is 0.662. The summed E-state index contributed by atoms with van der Waals surface area (Å²) in [5.74, 6) is 0. The molecule has 1 aromatic rings. The minimum atomic E-state index is -1.00. The van der Waals surface area contributed by atoms with Gasteiger partial charge >= 0.3 is 0 Å². The van der Waals surface area contributed by atoms with Crippen molar-refractivity contribution in [2.24, 2.45) is 0 Å². The zero-order valence-corrected chi connectivity index (χ0v) is 12.1. The van der Waals surface area contributed by atoms with Gasteiger partial charge in [0.1, 0.15) is 0 Å². The van der Waals surface area contributed by atoms with Crippen molar-refractivity contribution in [1.82, 2.24) is 0 Å². The second-order valence-electron chi connectivity index (χ2n) is 6.34. The zero-order valence-electron chi connectivity index (χ0n) is 11.1. The number of hydrogen-bond donors (Lipinski definition) is 0. The van der Waals surface area contributed by atoms with Crippen LogP contribution in [0.15, 0.2) is 17.7 Å². The van der Waals surface area contributed by atoms with Crippen LogP contribution in [0.3, 0.4) is 0 Å². The molecular weight excluding hydrogens is 208 g/mol. The topological polar surface area (TPSA) is 0 Å². The predicted molar refractivity (Wildman–Crippen MR) is 75.6 cm³/mol. The average Bonchev–Trinajstić information content (AvgIpc) is 2.51. The van der Waals surface area contributed by atoms with E-state index in [1.54, 1.807) is 11.1 Å². The predicted octanol–water partition coefficient (Wildman–Crippen LogP) is 4.37. The second kappa shape index (κ2) is 3.88. The zero-order chi connectivity index (χ0) is 11.9. The molecule has 1 aliphatic rings. The molecule has 86 valence electrons. The third-order valence-corrected chi connectivity index (χ3v) is 4.68. The molecule has 0 amide bonds. The lowest BCUT2D eigenvalue weighted by molar-refractivity contribution is 1.13. The third-order valence-electron chi connectivity index (χ3n) is 3.24. The van der Waals surface area contributed by atoms with Crippen LogP contribution in [0.5, 0.6) is 0 Å². The number of aryl methyl sites for hydroxylation is 1. The van der Waals surface area contributed by atoms with Crippen molar-refractivity contribution >= 4 is 14.1 Å². The maximum Gasteiger partial charge on any atom is 0.0487 e. The standard InChI is InChI=1S/C15H22Si/c1-11-8-14-12(2)6-7-13(15(14)9-11)10-16(3,4)5/h6-8H,9-10H2,1-5H3. The lowest BCUT2D eigenvalue weighted by Gasteiger charge is -2.19. The Morgan fingerprint density at radius 3 is 2.44 bits per heavy atom. The third kappa shape index (κ3) is 2.30. The van der Waals surface area contributed by atoms with Gasteiger partial charge in [-0.25, -0.2) is 0 Å². The van der Waals surface area contributed by atoms with Crippen LogP contribution in [0, 0.1) is 6.92 Å². The molecule has 0 atom stereocenters. The van der Waals surface area contributed by atoms with Crippen LogP contribution in [-0.2, 0) is 12.5 Å². The van der Waals surface area contributed by atoms with Crippen molar-refractivity contribution in [2.75, 3.05) is 0 Å². The van der Waals surface area contributed by atoms with E-state index >= 15 is 0 Å². The van der Waals surface area contributed by atoms with Crippen LogP contribution in [0.25, 0.3) is 6.08 Å². The first-order valence-corrected chi connectivity index (χ1v) is 9.86. The Labute approximate surface area is 100 Å². The van der Waals surface area contributed by atoms with E-state index in [4.69, 9.17) is 0 Å². The van der Waals surface area contributed by atoms with Gasteiger partial charge in [0.2, 0.25) is 0 Å². The highest BCUT2D eigenvalue weighted by atomic mass is 28.3. The minimum absolute atomic E-state index is 1.00. The summed E-state index contributed by atoms with van der Waals surface area (Å²) < 4.78 is 0. The molecule has 0 saturated heterocycles. The van der Waals surface area contributed by atoms with E-state index in [1.165, 1.54) is 29.2 Å². The van der Waals surface area contributed by atoms with E-state index in [0.29, 0.717) is 0 Å². The molecular formula is C15H22Si. The van der Waals surface area contributed by atoms with Crippen molar-refractivity contribution in [1.29, 1.82) is 0 Å². The number of benzene rings is 1. The van der Waals surface area contributed by atoms with Gasteiger partial charge in [-0.1, -0.05) is 43.4 Å². The molecule has 0 bridgehead atoms. The summed E-state index contributed by atoms with van der Waals surface area (Å²) in [5.41, 5.74) is 7.67. The van der Waals surface area contributed by atoms with E-state index < -0.39 is 8.07 Å². The SMILES string of the molecule is CC1=Cc2c(C)ccc(C[Si](C)(C)C)c2C1. The molecule has 0 saturated carbocycles. The highest BCUT2D eigenvalue weighted by molar-refractivity contribution is 6.75. The van der Waals surface area contributed by atoms with Crippen LogP contribution in [-0.4, -0.2) is 8.07 Å². The van der Waals surface area contributed by atoms with Gasteiger partial charge in [0.15, 0.2) is 0 Å². The van der Waals surface area contributed by atoms with Gasteiger partial charge in [-0.2, -0.15) is 0 Å². The molecule has 0 N–H and O–H groups in total. The maximum atomic E-state index is 2.45. The van der Waals surface area contributed by atoms with E-state index in [9.17, 15) is 0 Å². The van der Waals surface area contributed by atoms with Gasteiger partial charge in [0.05, 0.1) is 0 Å². The molecule has 0 heterocycles. The fourth-order valence-corrected chi connectivity index (χ4v) is 4.02. The molecule has 1 aliphatic carbocycles. The lowest BCUT2D eigenvalue weighted by atomic mass is 9.99. The second-order valence-corrected chi connectivity index (χ2v) is 11.8. The summed E-state index contributed by atoms with van der Waals surface area (Å²) >= 11 is 0. The lowest BCUT2D eigenvalue weighted by Crippen LogP contribution is -2.24. The summed E-state index contributed by atoms with van der Waals surface area (Å²) in [6.45, 7) is 11.8. The van der Waals surface area contributed by atoms with E-state index in [0.717, 1.165) is 0 Å². The normalized spacial score (nSPS) is 14.9. The summed E-state index contributed by atoms with van der Waals surface area (Å²) in [7, 11) is -1.00. The van der Waals surface area contributed by atoms with Gasteiger partial charge in [0, 0.05) is 8.07 Å². The minimum Gasteiger partial charge on any atom is -0.0693 e. The fourth-order valence-electron chi connectivity index (χ4n) is 2.55. The first-order chi connectivity index (χ1) is 7.37. The Kier molecular flexibility index (Phi) is 2.83. The van der Waals surface area contributed by atoms with Crippen LogP contribution in [0.1, 0.15) is 29.2 Å². The molecule has 0 fully saturated rings. The molecule has 16 heavy (non-hydrogen) atoms. The highest BCUT2D eigenvalue weighted by Gasteiger charge is 2.20. The van der Waals surface area contributed by atoms with Crippen molar-refractivity contribution in [3.8, 4) is 0 Å². The van der Waals surface area contributed by atoms with E-state index in [-0.39, 0.29) is 0 Å². The molecule has 2 rings (SSSR count). The Bertz CT molecular complexity index is 447. The van der Waals surface area contributed by atoms with Crippen LogP contribution in [0.4, 0.5) is 0 Å². The van der Waals surface area contributed by atoms with Crippen molar-refractivity contribution < 1.29 is 0 Å². The van der Waals surface area contributed by atoms with Gasteiger partial charge in [-0.3, -0.25) is 0 Å². The molecule has 0 radical (unpaired) electrons. The van der Waals surface area contributed by atoms with Gasteiger partial charge in [-0.15, -0.1) is 0 Å². The van der Waals surface area contributed by atoms with Crippen molar-refractivity contribution in [3.05, 3.63) is 40.0 Å². The van der Waals surface area contributed by atoms with Crippen LogP contribution in [0.2, 0.25) is 19.6 Å². The molecule has 0 nitrogen and oxygen atoms in total. The van der Waals surface area contributed by atoms with E-state index in [2.05, 4.69) is 51.7 Å². The number of rotatable bonds is 2. The summed E-state index contributed by atoms with van der Waals surface area (Å²) in [5, 5.41) is 0. The molecule has 0 spiro atoms. The molecule has 0 unspecified atom stereocenters. The fraction of sp³-hybridized carbons (Fsp3) is 0.467. The smallest absolute Gasteiger partial charge is 0.0487 e.